The van der Waals surface area contributed by atoms with Gasteiger partial charge in [0, 0.05) is 32.7 Å². The summed E-state index contributed by atoms with van der Waals surface area (Å²) in [6, 6.07) is 15.9. The maximum Gasteiger partial charge on any atom is 0.421 e. The lowest BCUT2D eigenvalue weighted by Gasteiger charge is -2.19. The maximum absolute atomic E-state index is 14.1. The van der Waals surface area contributed by atoms with Crippen LogP contribution in [-0.2, 0) is 31.0 Å². The molecule has 0 fully saturated rings. The first-order valence-electron chi connectivity index (χ1n) is 12.4. The molecule has 1 atom stereocenters. The molecule has 0 spiro atoms. The maximum atomic E-state index is 14.1. The zero-order valence-corrected chi connectivity index (χ0v) is 24.2. The molecule has 0 aliphatic carbocycles. The van der Waals surface area contributed by atoms with Gasteiger partial charge in [-0.15, -0.1) is 6.42 Å². The summed E-state index contributed by atoms with van der Waals surface area (Å²) in [5, 5.41) is 0.546. The van der Waals surface area contributed by atoms with E-state index < -0.39 is 30.0 Å². The Balaban J connectivity index is 1.98. The van der Waals surface area contributed by atoms with Gasteiger partial charge in [0.05, 0.1) is 21.8 Å². The number of methoxy groups -OCH3 is 1. The van der Waals surface area contributed by atoms with Crippen molar-refractivity contribution in [1.29, 1.82) is 0 Å². The highest BCUT2D eigenvalue weighted by atomic mass is 32.2. The topological polar surface area (TPSA) is 102 Å². The number of para-hydroxylation sites is 1. The van der Waals surface area contributed by atoms with Crippen molar-refractivity contribution in [3.05, 3.63) is 77.1 Å². The van der Waals surface area contributed by atoms with E-state index in [9.17, 15) is 13.2 Å². The van der Waals surface area contributed by atoms with Crippen LogP contribution in [0.4, 0.5) is 0 Å². The predicted octanol–water partition coefficient (Wildman–Crippen LogP) is 4.91. The highest BCUT2D eigenvalue weighted by Gasteiger charge is 2.33. The van der Waals surface area contributed by atoms with Gasteiger partial charge in [-0.2, -0.15) is 0 Å². The first kappa shape index (κ1) is 28.6. The van der Waals surface area contributed by atoms with Gasteiger partial charge >= 0.3 is 5.76 Å². The van der Waals surface area contributed by atoms with E-state index in [0.29, 0.717) is 28.8 Å². The Hall–Kier alpha value is -3.40. The average Bonchev–Trinajstić information content (AvgIpc) is 3.44. The van der Waals surface area contributed by atoms with Crippen molar-refractivity contribution in [2.45, 2.75) is 43.4 Å². The quantitative estimate of drug-likeness (QED) is 0.104. The van der Waals surface area contributed by atoms with Gasteiger partial charge in [0.2, 0.25) is 0 Å². The van der Waals surface area contributed by atoms with Gasteiger partial charge in [-0.1, -0.05) is 62.0 Å². The van der Waals surface area contributed by atoms with Gasteiger partial charge in [-0.3, -0.25) is 0 Å². The minimum absolute atomic E-state index is 0.0698. The van der Waals surface area contributed by atoms with Crippen LogP contribution in [0, 0.1) is 12.3 Å². The van der Waals surface area contributed by atoms with Crippen LogP contribution in [0.5, 0.6) is 0 Å². The van der Waals surface area contributed by atoms with E-state index in [1.165, 1.54) is 34.0 Å². The Morgan fingerprint density at radius 2 is 1.77 bits per heavy atom. The first-order valence-corrected chi connectivity index (χ1v) is 17.5. The van der Waals surface area contributed by atoms with Crippen LogP contribution >= 0.6 is 0 Å². The van der Waals surface area contributed by atoms with Crippen molar-refractivity contribution in [2.24, 2.45) is 0 Å². The molecular formula is C28H32N2O7SSi. The van der Waals surface area contributed by atoms with Gasteiger partial charge in [-0.25, -0.2) is 21.8 Å². The smallest absolute Gasteiger partial charge is 0.416 e. The number of nitrogens with zero attached hydrogens (tertiary/aromatic N) is 2. The third-order valence-corrected chi connectivity index (χ3v) is 9.60. The highest BCUT2D eigenvalue weighted by Crippen LogP contribution is 2.41. The Bertz CT molecular complexity index is 1640. The van der Waals surface area contributed by atoms with Crippen molar-refractivity contribution in [2.75, 3.05) is 20.5 Å². The number of hydrogen-bond acceptors (Lipinski definition) is 7. The number of ether oxygens (including phenoxy) is 3. The molecule has 0 amide bonds. The Morgan fingerprint density at radius 3 is 2.44 bits per heavy atom. The number of hydrogen-bond donors (Lipinski definition) is 0. The van der Waals surface area contributed by atoms with E-state index in [2.05, 4.69) is 25.6 Å². The molecule has 4 aromatic rings. The molecule has 4 rings (SSSR count). The molecule has 2 aromatic heterocycles. The molecule has 0 N–H and O–H groups in total. The fraction of sp³-hybridized carbons (Fsp3) is 0.321. The first-order chi connectivity index (χ1) is 18.6. The second kappa shape index (κ2) is 11.8. The number of aromatic nitrogens is 2. The monoisotopic (exact) mass is 568 g/mol. The Morgan fingerprint density at radius 1 is 1.08 bits per heavy atom. The van der Waals surface area contributed by atoms with Gasteiger partial charge in [0.1, 0.15) is 19.8 Å². The molecule has 2 aromatic carbocycles. The molecule has 39 heavy (non-hydrogen) atoms. The van der Waals surface area contributed by atoms with Crippen LogP contribution in [0.1, 0.15) is 11.8 Å². The lowest BCUT2D eigenvalue weighted by molar-refractivity contribution is -0.0546. The summed E-state index contributed by atoms with van der Waals surface area (Å²) in [5.74, 6) is 1.91. The van der Waals surface area contributed by atoms with E-state index in [0.717, 1.165) is 6.04 Å². The summed E-state index contributed by atoms with van der Waals surface area (Å²) >= 11 is 0. The lowest BCUT2D eigenvalue weighted by atomic mass is 10.0. The highest BCUT2D eigenvalue weighted by molar-refractivity contribution is 7.90. The van der Waals surface area contributed by atoms with E-state index >= 15 is 0 Å². The second-order valence-corrected chi connectivity index (χ2v) is 17.6. The molecule has 1 unspecified atom stereocenters. The third-order valence-electron chi connectivity index (χ3n) is 6.16. The van der Waals surface area contributed by atoms with Gasteiger partial charge < -0.3 is 18.6 Å². The zero-order chi connectivity index (χ0) is 28.2. The van der Waals surface area contributed by atoms with E-state index in [4.69, 9.17) is 25.1 Å². The van der Waals surface area contributed by atoms with Crippen LogP contribution in [0.3, 0.4) is 0 Å². The fourth-order valence-electron chi connectivity index (χ4n) is 4.22. The summed E-state index contributed by atoms with van der Waals surface area (Å²) in [7, 11) is -4.07. The predicted molar refractivity (Wildman–Crippen MR) is 152 cm³/mol. The van der Waals surface area contributed by atoms with Gasteiger partial charge in [-0.05, 0) is 24.2 Å². The van der Waals surface area contributed by atoms with Crippen LogP contribution in [-0.4, -0.2) is 45.5 Å². The number of fused-ring (bicyclic) bond motifs is 1. The molecular weight excluding hydrogens is 536 g/mol. The molecule has 9 nitrogen and oxygen atoms in total. The largest absolute Gasteiger partial charge is 0.421 e. The molecule has 206 valence electrons. The van der Waals surface area contributed by atoms with E-state index in [1.807, 2.05) is 0 Å². The van der Waals surface area contributed by atoms with Crippen molar-refractivity contribution in [3.8, 4) is 23.6 Å². The summed E-state index contributed by atoms with van der Waals surface area (Å²) in [6.07, 6.45) is 6.04. The number of benzene rings is 2. The standard InChI is InChI=1S/C28H32N2O7SSi/c1-6-25(37-20-34-2)27-26(24-18-36-28(31)29(24)19-35-16-17-39(3,4)5)22-14-10-11-15-23(22)30(27)38(32,33)21-12-8-7-9-13-21/h1,7-15,18,25H,16-17,19-20H2,2-5H3. The van der Waals surface area contributed by atoms with Crippen molar-refractivity contribution in [3.63, 3.8) is 0 Å². The van der Waals surface area contributed by atoms with E-state index in [-0.39, 0.29) is 24.1 Å². The third kappa shape index (κ3) is 5.95. The summed E-state index contributed by atoms with van der Waals surface area (Å²) in [4.78, 5) is 12.9. The molecule has 0 saturated carbocycles. The number of terminal acetylenes is 1. The number of oxazole rings is 1. The van der Waals surface area contributed by atoms with Gasteiger partial charge in [0.15, 0.2) is 6.10 Å². The SMILES string of the molecule is C#CC(OCOC)c1c(-c2coc(=O)n2COCC[Si](C)(C)C)c2ccccc2n1S(=O)(=O)c1ccccc1. The normalized spacial score (nSPS) is 13.0. The fourth-order valence-corrected chi connectivity index (χ4v) is 6.55. The van der Waals surface area contributed by atoms with Crippen LogP contribution in [0.25, 0.3) is 22.2 Å². The zero-order valence-electron chi connectivity index (χ0n) is 22.4. The van der Waals surface area contributed by atoms with Gasteiger partial charge in [0.25, 0.3) is 10.0 Å². The van der Waals surface area contributed by atoms with Crippen molar-refractivity contribution in [1.82, 2.24) is 8.54 Å². The molecule has 11 heteroatoms. The van der Waals surface area contributed by atoms with Crippen molar-refractivity contribution >= 4 is 29.0 Å². The average molecular weight is 569 g/mol. The lowest BCUT2D eigenvalue weighted by Crippen LogP contribution is -2.24. The van der Waals surface area contributed by atoms with Crippen LogP contribution in [0.2, 0.25) is 25.7 Å². The molecule has 0 radical (unpaired) electrons. The molecule has 0 aliphatic rings. The molecule has 0 saturated heterocycles. The Kier molecular flexibility index (Phi) is 8.63. The second-order valence-electron chi connectivity index (χ2n) is 10.1. The Labute approximate surface area is 229 Å². The van der Waals surface area contributed by atoms with E-state index in [1.54, 1.807) is 42.5 Å². The molecule has 2 heterocycles. The minimum atomic E-state index is -4.15. The molecule has 0 bridgehead atoms. The summed E-state index contributed by atoms with van der Waals surface area (Å²) in [5.41, 5.74) is 1.23. The van der Waals surface area contributed by atoms with Crippen molar-refractivity contribution < 1.29 is 27.0 Å². The molecule has 0 aliphatic heterocycles. The summed E-state index contributed by atoms with van der Waals surface area (Å²) in [6.45, 7) is 6.94. The minimum Gasteiger partial charge on any atom is -0.416 e. The van der Waals surface area contributed by atoms with Crippen LogP contribution in [0.15, 0.2) is 75.0 Å². The number of rotatable bonds is 12. The van der Waals surface area contributed by atoms with Crippen LogP contribution < -0.4 is 5.76 Å². The summed E-state index contributed by atoms with van der Waals surface area (Å²) < 4.78 is 52.7.